The van der Waals surface area contributed by atoms with E-state index < -0.39 is 4.92 Å². The first-order chi connectivity index (χ1) is 11.5. The van der Waals surface area contributed by atoms with Crippen molar-refractivity contribution in [1.82, 2.24) is 0 Å². The van der Waals surface area contributed by atoms with Crippen molar-refractivity contribution in [3.63, 3.8) is 0 Å². The average Bonchev–Trinajstić information content (AvgIpc) is 2.59. The van der Waals surface area contributed by atoms with Gasteiger partial charge in [0.1, 0.15) is 12.3 Å². The Bertz CT molecular complexity index is 804. The van der Waals surface area contributed by atoms with Crippen LogP contribution in [0.1, 0.15) is 0 Å². The number of carbonyl (C=O) groups excluding carboxylic acids is 2. The van der Waals surface area contributed by atoms with E-state index in [0.29, 0.717) is 17.1 Å². The predicted molar refractivity (Wildman–Crippen MR) is 86.0 cm³/mol. The van der Waals surface area contributed by atoms with E-state index in [-0.39, 0.29) is 30.7 Å². The van der Waals surface area contributed by atoms with Gasteiger partial charge >= 0.3 is 0 Å². The number of fused-ring (bicyclic) bond motifs is 1. The molecule has 0 spiro atoms. The Morgan fingerprint density at radius 3 is 2.62 bits per heavy atom. The quantitative estimate of drug-likeness (QED) is 0.683. The van der Waals surface area contributed by atoms with Gasteiger partial charge in [-0.3, -0.25) is 24.6 Å². The van der Waals surface area contributed by atoms with E-state index in [2.05, 4.69) is 5.32 Å². The van der Waals surface area contributed by atoms with Crippen LogP contribution < -0.4 is 15.0 Å². The fourth-order valence-corrected chi connectivity index (χ4v) is 2.34. The summed E-state index contributed by atoms with van der Waals surface area (Å²) in [7, 11) is 0. The number of benzene rings is 2. The maximum atomic E-state index is 12.4. The highest BCUT2D eigenvalue weighted by Gasteiger charge is 2.26. The van der Waals surface area contributed by atoms with Crippen LogP contribution in [0.4, 0.5) is 17.1 Å². The Kier molecular flexibility index (Phi) is 4.11. The minimum absolute atomic E-state index is 0.0599. The van der Waals surface area contributed by atoms with E-state index in [9.17, 15) is 19.7 Å². The molecule has 0 aromatic heterocycles. The van der Waals surface area contributed by atoms with Gasteiger partial charge in [-0.2, -0.15) is 0 Å². The number of nitro groups is 1. The minimum atomic E-state index is -0.516. The van der Waals surface area contributed by atoms with E-state index in [1.54, 1.807) is 24.3 Å². The lowest BCUT2D eigenvalue weighted by Gasteiger charge is -2.29. The highest BCUT2D eigenvalue weighted by molar-refractivity contribution is 6.10. The Morgan fingerprint density at radius 1 is 1.21 bits per heavy atom. The van der Waals surface area contributed by atoms with Gasteiger partial charge in [-0.05, 0) is 24.3 Å². The molecular formula is C16H13N3O5. The lowest BCUT2D eigenvalue weighted by Crippen LogP contribution is -2.44. The summed E-state index contributed by atoms with van der Waals surface area (Å²) in [6.07, 6.45) is 0. The van der Waals surface area contributed by atoms with Crippen LogP contribution in [0.25, 0.3) is 0 Å². The summed E-state index contributed by atoms with van der Waals surface area (Å²) < 4.78 is 5.36. The molecule has 24 heavy (non-hydrogen) atoms. The fourth-order valence-electron chi connectivity index (χ4n) is 2.34. The van der Waals surface area contributed by atoms with Crippen LogP contribution in [0.15, 0.2) is 48.5 Å². The predicted octanol–water partition coefficient (Wildman–Crippen LogP) is 1.96. The zero-order valence-corrected chi connectivity index (χ0v) is 12.5. The molecule has 1 N–H and O–H groups in total. The third kappa shape index (κ3) is 3.17. The van der Waals surface area contributed by atoms with E-state index in [4.69, 9.17) is 4.74 Å². The maximum absolute atomic E-state index is 12.4. The van der Waals surface area contributed by atoms with Crippen molar-refractivity contribution in [1.29, 1.82) is 0 Å². The first kappa shape index (κ1) is 15.5. The zero-order chi connectivity index (χ0) is 17.1. The van der Waals surface area contributed by atoms with Crippen LogP contribution in [-0.4, -0.2) is 29.9 Å². The van der Waals surface area contributed by atoms with E-state index in [1.807, 2.05) is 0 Å². The molecule has 2 aromatic rings. The van der Waals surface area contributed by atoms with Crippen molar-refractivity contribution >= 4 is 28.9 Å². The van der Waals surface area contributed by atoms with Crippen LogP contribution >= 0.6 is 0 Å². The molecule has 122 valence electrons. The average molecular weight is 327 g/mol. The van der Waals surface area contributed by atoms with Gasteiger partial charge in [0.25, 0.3) is 11.6 Å². The van der Waals surface area contributed by atoms with Crippen molar-refractivity contribution in [2.24, 2.45) is 0 Å². The number of ether oxygens (including phenoxy) is 1. The van der Waals surface area contributed by atoms with Gasteiger partial charge in [-0.1, -0.05) is 12.1 Å². The first-order valence-corrected chi connectivity index (χ1v) is 7.11. The van der Waals surface area contributed by atoms with E-state index >= 15 is 0 Å². The Labute approximate surface area is 136 Å². The van der Waals surface area contributed by atoms with E-state index in [0.717, 1.165) is 0 Å². The molecule has 1 aliphatic rings. The number of amides is 2. The van der Waals surface area contributed by atoms with Crippen LogP contribution in [0.3, 0.4) is 0 Å². The van der Waals surface area contributed by atoms with Crippen molar-refractivity contribution in [3.05, 3.63) is 58.6 Å². The summed E-state index contributed by atoms with van der Waals surface area (Å²) in [6, 6.07) is 12.4. The van der Waals surface area contributed by atoms with Gasteiger partial charge < -0.3 is 10.1 Å². The van der Waals surface area contributed by atoms with Crippen molar-refractivity contribution in [2.75, 3.05) is 23.4 Å². The number of nitrogens with one attached hydrogen (secondary N) is 1. The molecule has 0 atom stereocenters. The molecular weight excluding hydrogens is 314 g/mol. The molecule has 0 radical (unpaired) electrons. The monoisotopic (exact) mass is 327 g/mol. The molecule has 0 saturated carbocycles. The molecule has 2 amide bonds. The van der Waals surface area contributed by atoms with Crippen LogP contribution in [-0.2, 0) is 9.59 Å². The smallest absolute Gasteiger partial charge is 0.269 e. The number of carbonyl (C=O) groups is 2. The summed E-state index contributed by atoms with van der Waals surface area (Å²) in [5, 5.41) is 13.3. The maximum Gasteiger partial charge on any atom is 0.269 e. The Morgan fingerprint density at radius 2 is 1.92 bits per heavy atom. The molecule has 8 heteroatoms. The lowest BCUT2D eigenvalue weighted by molar-refractivity contribution is -0.384. The van der Waals surface area contributed by atoms with Gasteiger partial charge in [0.05, 0.1) is 16.3 Å². The molecule has 0 unspecified atom stereocenters. The van der Waals surface area contributed by atoms with Gasteiger partial charge in [-0.25, -0.2) is 0 Å². The topological polar surface area (TPSA) is 102 Å². The van der Waals surface area contributed by atoms with Gasteiger partial charge in [0.15, 0.2) is 6.61 Å². The third-order valence-electron chi connectivity index (χ3n) is 3.48. The number of non-ortho nitro benzene ring substituents is 1. The highest BCUT2D eigenvalue weighted by Crippen LogP contribution is 2.29. The molecule has 0 fully saturated rings. The largest absolute Gasteiger partial charge is 0.484 e. The number of hydrogen-bond donors (Lipinski definition) is 1. The number of hydrogen-bond acceptors (Lipinski definition) is 5. The normalized spacial score (nSPS) is 13.0. The van der Waals surface area contributed by atoms with E-state index in [1.165, 1.54) is 29.2 Å². The van der Waals surface area contributed by atoms with Crippen molar-refractivity contribution in [3.8, 4) is 5.75 Å². The number of anilines is 2. The van der Waals surface area contributed by atoms with Crippen molar-refractivity contribution in [2.45, 2.75) is 0 Å². The molecule has 0 bridgehead atoms. The van der Waals surface area contributed by atoms with Crippen LogP contribution in [0.2, 0.25) is 0 Å². The molecule has 1 heterocycles. The third-order valence-corrected chi connectivity index (χ3v) is 3.48. The molecule has 1 aliphatic heterocycles. The summed E-state index contributed by atoms with van der Waals surface area (Å²) in [6.45, 7) is -0.362. The standard InChI is InChI=1S/C16H13N3O5/c20-15-9-18(14-4-2-1-3-13(14)17-15)16(21)10-24-12-7-5-11(6-8-12)19(22)23/h1-8H,9-10H2,(H,17,20). The number of nitrogens with zero attached hydrogens (tertiary/aromatic N) is 2. The fraction of sp³-hybridized carbons (Fsp3) is 0.125. The molecule has 2 aromatic carbocycles. The Balaban J connectivity index is 1.69. The molecule has 3 rings (SSSR count). The number of para-hydroxylation sites is 2. The second-order valence-corrected chi connectivity index (χ2v) is 5.08. The van der Waals surface area contributed by atoms with Crippen molar-refractivity contribution < 1.29 is 19.2 Å². The van der Waals surface area contributed by atoms with Gasteiger partial charge in [0.2, 0.25) is 5.91 Å². The molecule has 8 nitrogen and oxygen atoms in total. The summed E-state index contributed by atoms with van der Waals surface area (Å²) in [4.78, 5) is 35.5. The minimum Gasteiger partial charge on any atom is -0.484 e. The van der Waals surface area contributed by atoms with Gasteiger partial charge in [-0.15, -0.1) is 0 Å². The second-order valence-electron chi connectivity index (χ2n) is 5.08. The summed E-state index contributed by atoms with van der Waals surface area (Å²) in [5.41, 5.74) is 1.11. The Hall–Kier alpha value is -3.42. The van der Waals surface area contributed by atoms with Gasteiger partial charge in [0, 0.05) is 12.1 Å². The number of rotatable bonds is 4. The summed E-state index contributed by atoms with van der Waals surface area (Å²) in [5.74, 6) is -0.322. The lowest BCUT2D eigenvalue weighted by atomic mass is 10.2. The second kappa shape index (κ2) is 6.37. The van der Waals surface area contributed by atoms with Crippen LogP contribution in [0, 0.1) is 10.1 Å². The highest BCUT2D eigenvalue weighted by atomic mass is 16.6. The molecule has 0 saturated heterocycles. The molecule has 0 aliphatic carbocycles. The summed E-state index contributed by atoms with van der Waals surface area (Å²) >= 11 is 0. The number of nitro benzene ring substituents is 1. The zero-order valence-electron chi connectivity index (χ0n) is 12.5. The van der Waals surface area contributed by atoms with Crippen LogP contribution in [0.5, 0.6) is 5.75 Å². The first-order valence-electron chi connectivity index (χ1n) is 7.11. The SMILES string of the molecule is O=C1CN(C(=O)COc2ccc([N+](=O)[O-])cc2)c2ccccc2N1.